The van der Waals surface area contributed by atoms with Crippen LogP contribution in [0, 0.1) is 0 Å². The van der Waals surface area contributed by atoms with Crippen molar-refractivity contribution in [3.8, 4) is 5.75 Å². The lowest BCUT2D eigenvalue weighted by atomic mass is 10.2. The quantitative estimate of drug-likeness (QED) is 0.837. The van der Waals surface area contributed by atoms with Crippen LogP contribution in [-0.2, 0) is 0 Å². The van der Waals surface area contributed by atoms with E-state index in [4.69, 9.17) is 21.4 Å². The van der Waals surface area contributed by atoms with Crippen molar-refractivity contribution in [3.05, 3.63) is 28.8 Å². The minimum atomic E-state index is -4.21. The smallest absolute Gasteiger partial charge is 0.389 e. The van der Waals surface area contributed by atoms with Crippen LogP contribution in [0.25, 0.3) is 0 Å². The number of aromatic carboxylic acids is 1. The molecule has 0 aromatic heterocycles. The van der Waals surface area contributed by atoms with E-state index in [9.17, 15) is 18.0 Å². The maximum absolute atomic E-state index is 11.9. The summed E-state index contributed by atoms with van der Waals surface area (Å²) in [5, 5.41) is 8.83. The Labute approximate surface area is 106 Å². The highest BCUT2D eigenvalue weighted by atomic mass is 35.5. The number of carbonyl (C=O) groups is 1. The van der Waals surface area contributed by atoms with E-state index >= 15 is 0 Å². The van der Waals surface area contributed by atoms with Gasteiger partial charge in [0.05, 0.1) is 17.2 Å². The maximum Gasteiger partial charge on any atom is 0.389 e. The molecule has 1 N–H and O–H groups in total. The molecule has 18 heavy (non-hydrogen) atoms. The first-order chi connectivity index (χ1) is 8.29. The molecule has 100 valence electrons. The molecule has 1 rings (SSSR count). The van der Waals surface area contributed by atoms with Crippen LogP contribution in [0.1, 0.15) is 23.2 Å². The number of carboxylic acid groups (broad SMARTS) is 1. The third-order valence-corrected chi connectivity index (χ3v) is 2.37. The van der Waals surface area contributed by atoms with Gasteiger partial charge in [-0.05, 0) is 24.6 Å². The van der Waals surface area contributed by atoms with Crippen molar-refractivity contribution < 1.29 is 27.8 Å². The minimum absolute atomic E-state index is 0.0464. The van der Waals surface area contributed by atoms with E-state index in [-0.39, 0.29) is 29.4 Å². The van der Waals surface area contributed by atoms with Crippen molar-refractivity contribution in [2.24, 2.45) is 0 Å². The Morgan fingerprint density at radius 1 is 1.39 bits per heavy atom. The summed E-state index contributed by atoms with van der Waals surface area (Å²) in [5.74, 6) is -1.04. The molecule has 0 saturated carbocycles. The van der Waals surface area contributed by atoms with Crippen molar-refractivity contribution in [1.82, 2.24) is 0 Å². The van der Waals surface area contributed by atoms with Gasteiger partial charge in [0.25, 0.3) is 0 Å². The fraction of sp³-hybridized carbons (Fsp3) is 0.364. The molecule has 0 amide bonds. The van der Waals surface area contributed by atoms with Crippen molar-refractivity contribution >= 4 is 17.6 Å². The van der Waals surface area contributed by atoms with Crippen molar-refractivity contribution in [2.45, 2.75) is 19.0 Å². The normalized spacial score (nSPS) is 11.3. The predicted molar refractivity (Wildman–Crippen MR) is 59.2 cm³/mol. The standard InChI is InChI=1S/C11H10ClF3O3/c12-9-3-2-7(6-8(9)10(16)17)18-5-1-4-11(13,14)15/h2-3,6H,1,4-5H2,(H,16,17). The van der Waals surface area contributed by atoms with Crippen LogP contribution in [0.15, 0.2) is 18.2 Å². The van der Waals surface area contributed by atoms with E-state index in [0.29, 0.717) is 0 Å². The maximum atomic E-state index is 11.9. The Kier molecular flexibility index (Phi) is 4.84. The molecular formula is C11H10ClF3O3. The van der Waals surface area contributed by atoms with E-state index in [1.165, 1.54) is 18.2 Å². The summed E-state index contributed by atoms with van der Waals surface area (Å²) < 4.78 is 40.6. The zero-order chi connectivity index (χ0) is 13.8. The van der Waals surface area contributed by atoms with Crippen LogP contribution in [-0.4, -0.2) is 23.9 Å². The zero-order valence-electron chi connectivity index (χ0n) is 9.13. The van der Waals surface area contributed by atoms with Crippen LogP contribution in [0.2, 0.25) is 5.02 Å². The fourth-order valence-corrected chi connectivity index (χ4v) is 1.42. The van der Waals surface area contributed by atoms with Crippen molar-refractivity contribution in [3.63, 3.8) is 0 Å². The number of halogens is 4. The highest BCUT2D eigenvalue weighted by Gasteiger charge is 2.26. The average molecular weight is 283 g/mol. The van der Waals surface area contributed by atoms with E-state index < -0.39 is 18.6 Å². The molecular weight excluding hydrogens is 273 g/mol. The number of ether oxygens (including phenoxy) is 1. The van der Waals surface area contributed by atoms with Gasteiger partial charge in [0.15, 0.2) is 0 Å². The second-order valence-corrected chi connectivity index (χ2v) is 3.92. The molecule has 1 aromatic carbocycles. The lowest BCUT2D eigenvalue weighted by molar-refractivity contribution is -0.136. The molecule has 7 heteroatoms. The Balaban J connectivity index is 2.53. The van der Waals surface area contributed by atoms with Gasteiger partial charge >= 0.3 is 12.1 Å². The number of alkyl halides is 3. The number of hydrogen-bond donors (Lipinski definition) is 1. The zero-order valence-corrected chi connectivity index (χ0v) is 9.88. The van der Waals surface area contributed by atoms with Gasteiger partial charge in [-0.25, -0.2) is 4.79 Å². The van der Waals surface area contributed by atoms with E-state index in [1.807, 2.05) is 0 Å². The van der Waals surface area contributed by atoms with Crippen LogP contribution in [0.3, 0.4) is 0 Å². The predicted octanol–water partition coefficient (Wildman–Crippen LogP) is 3.76. The summed E-state index contributed by atoms with van der Waals surface area (Å²) in [6, 6.07) is 3.91. The molecule has 0 radical (unpaired) electrons. The van der Waals surface area contributed by atoms with Crippen molar-refractivity contribution in [1.29, 1.82) is 0 Å². The molecule has 0 aliphatic carbocycles. The fourth-order valence-electron chi connectivity index (χ4n) is 1.22. The SMILES string of the molecule is O=C(O)c1cc(OCCCC(F)(F)F)ccc1Cl. The second kappa shape index (κ2) is 5.95. The molecule has 0 heterocycles. The first kappa shape index (κ1) is 14.6. The molecule has 0 bridgehead atoms. The summed E-state index contributed by atoms with van der Waals surface area (Å²) in [7, 11) is 0. The highest BCUT2D eigenvalue weighted by Crippen LogP contribution is 2.24. The van der Waals surface area contributed by atoms with Crippen molar-refractivity contribution in [2.75, 3.05) is 6.61 Å². The third kappa shape index (κ3) is 4.83. The summed E-state index contributed by atoms with van der Waals surface area (Å²) >= 11 is 5.63. The van der Waals surface area contributed by atoms with Gasteiger partial charge in [0, 0.05) is 6.42 Å². The van der Waals surface area contributed by atoms with Crippen LogP contribution >= 0.6 is 11.6 Å². The van der Waals surface area contributed by atoms with Crippen LogP contribution < -0.4 is 4.74 Å². The van der Waals surface area contributed by atoms with E-state index in [1.54, 1.807) is 0 Å². The van der Waals surface area contributed by atoms with Gasteiger partial charge in [-0.15, -0.1) is 0 Å². The minimum Gasteiger partial charge on any atom is -0.494 e. The average Bonchev–Trinajstić information content (AvgIpc) is 2.24. The first-order valence-electron chi connectivity index (χ1n) is 5.02. The molecule has 0 unspecified atom stereocenters. The molecule has 0 fully saturated rings. The first-order valence-corrected chi connectivity index (χ1v) is 5.40. The molecule has 0 spiro atoms. The Hall–Kier alpha value is -1.43. The Morgan fingerprint density at radius 3 is 2.61 bits per heavy atom. The van der Waals surface area contributed by atoms with E-state index in [2.05, 4.69) is 0 Å². The molecule has 3 nitrogen and oxygen atoms in total. The monoisotopic (exact) mass is 282 g/mol. The van der Waals surface area contributed by atoms with Gasteiger partial charge in [0.1, 0.15) is 5.75 Å². The van der Waals surface area contributed by atoms with Gasteiger partial charge in [-0.2, -0.15) is 13.2 Å². The van der Waals surface area contributed by atoms with Gasteiger partial charge < -0.3 is 9.84 Å². The van der Waals surface area contributed by atoms with E-state index in [0.717, 1.165) is 0 Å². The number of carboxylic acids is 1. The van der Waals surface area contributed by atoms with Gasteiger partial charge in [0.2, 0.25) is 0 Å². The number of benzene rings is 1. The number of rotatable bonds is 5. The van der Waals surface area contributed by atoms with Gasteiger partial charge in [-0.1, -0.05) is 11.6 Å². The highest BCUT2D eigenvalue weighted by molar-refractivity contribution is 6.33. The van der Waals surface area contributed by atoms with Crippen LogP contribution in [0.4, 0.5) is 13.2 Å². The van der Waals surface area contributed by atoms with Crippen LogP contribution in [0.5, 0.6) is 5.75 Å². The topological polar surface area (TPSA) is 46.5 Å². The lowest BCUT2D eigenvalue weighted by Crippen LogP contribution is -2.10. The Morgan fingerprint density at radius 2 is 2.06 bits per heavy atom. The summed E-state index contributed by atoms with van der Waals surface area (Å²) in [6.07, 6.45) is -5.34. The molecule has 0 aliphatic heterocycles. The molecule has 1 aromatic rings. The molecule has 0 saturated heterocycles. The summed E-state index contributed by atoms with van der Waals surface area (Å²) in [5.41, 5.74) is -0.148. The third-order valence-electron chi connectivity index (χ3n) is 2.04. The number of hydrogen-bond acceptors (Lipinski definition) is 2. The molecule has 0 atom stereocenters. The summed E-state index contributed by atoms with van der Waals surface area (Å²) in [6.45, 7) is -0.139. The van der Waals surface area contributed by atoms with Gasteiger partial charge in [-0.3, -0.25) is 0 Å². The largest absolute Gasteiger partial charge is 0.494 e. The molecule has 0 aliphatic rings. The summed E-state index contributed by atoms with van der Waals surface area (Å²) in [4.78, 5) is 10.7. The second-order valence-electron chi connectivity index (χ2n) is 3.51. The Bertz CT molecular complexity index is 432. The lowest BCUT2D eigenvalue weighted by Gasteiger charge is -2.09.